The summed E-state index contributed by atoms with van der Waals surface area (Å²) >= 11 is 2.99. The second kappa shape index (κ2) is 5.61. The third-order valence-corrected chi connectivity index (χ3v) is 2.73. The van der Waals surface area contributed by atoms with Crippen molar-refractivity contribution >= 4 is 15.9 Å². The van der Waals surface area contributed by atoms with E-state index in [-0.39, 0.29) is 17.9 Å². The highest BCUT2D eigenvalue weighted by molar-refractivity contribution is 9.10. The normalized spacial score (nSPS) is 10.6. The van der Waals surface area contributed by atoms with Crippen LogP contribution in [0.15, 0.2) is 34.8 Å². The molecule has 0 saturated heterocycles. The van der Waals surface area contributed by atoms with E-state index in [1.54, 1.807) is 0 Å². The first-order chi connectivity index (χ1) is 8.95. The van der Waals surface area contributed by atoms with Crippen molar-refractivity contribution in [2.45, 2.75) is 6.61 Å². The van der Waals surface area contributed by atoms with Crippen molar-refractivity contribution in [1.82, 2.24) is 0 Å². The Balaban J connectivity index is 2.19. The highest BCUT2D eigenvalue weighted by atomic mass is 79.9. The molecule has 0 radical (unpaired) electrons. The maximum absolute atomic E-state index is 13.4. The fourth-order valence-corrected chi connectivity index (χ4v) is 1.90. The lowest BCUT2D eigenvalue weighted by molar-refractivity contribution is 0.283. The van der Waals surface area contributed by atoms with E-state index in [1.807, 2.05) is 0 Å². The molecule has 2 aromatic rings. The third-order valence-electron chi connectivity index (χ3n) is 2.28. The predicted molar refractivity (Wildman–Crippen MR) is 64.7 cm³/mol. The molecular formula is C13H7BrF4O. The number of ether oxygens (including phenoxy) is 1. The average molecular weight is 335 g/mol. The summed E-state index contributed by atoms with van der Waals surface area (Å²) in [6, 6.07) is 4.99. The van der Waals surface area contributed by atoms with Crippen molar-refractivity contribution < 1.29 is 22.3 Å². The van der Waals surface area contributed by atoms with Crippen molar-refractivity contribution in [2.24, 2.45) is 0 Å². The van der Waals surface area contributed by atoms with Gasteiger partial charge < -0.3 is 4.74 Å². The smallest absolute Gasteiger partial charge is 0.200 e. The van der Waals surface area contributed by atoms with E-state index in [4.69, 9.17) is 4.74 Å². The van der Waals surface area contributed by atoms with Crippen LogP contribution in [0.2, 0.25) is 0 Å². The summed E-state index contributed by atoms with van der Waals surface area (Å²) in [7, 11) is 0. The third kappa shape index (κ3) is 3.47. The topological polar surface area (TPSA) is 9.23 Å². The van der Waals surface area contributed by atoms with E-state index < -0.39 is 23.3 Å². The summed E-state index contributed by atoms with van der Waals surface area (Å²) in [6.07, 6.45) is 0. The maximum Gasteiger partial charge on any atom is 0.200 e. The van der Waals surface area contributed by atoms with Gasteiger partial charge in [0.25, 0.3) is 0 Å². The highest BCUT2D eigenvalue weighted by Crippen LogP contribution is 2.26. The Kier molecular flexibility index (Phi) is 4.09. The molecule has 0 atom stereocenters. The molecule has 19 heavy (non-hydrogen) atoms. The van der Waals surface area contributed by atoms with Gasteiger partial charge in [-0.2, -0.15) is 4.39 Å². The summed E-state index contributed by atoms with van der Waals surface area (Å²) in [5, 5.41) is 0. The monoisotopic (exact) mass is 334 g/mol. The van der Waals surface area contributed by atoms with Crippen LogP contribution < -0.4 is 4.74 Å². The molecule has 2 aromatic carbocycles. The van der Waals surface area contributed by atoms with Crippen molar-refractivity contribution in [2.75, 3.05) is 0 Å². The van der Waals surface area contributed by atoms with Crippen LogP contribution in [0.3, 0.4) is 0 Å². The lowest BCUT2D eigenvalue weighted by Crippen LogP contribution is -2.00. The molecule has 0 aromatic heterocycles. The molecule has 0 bridgehead atoms. The standard InChI is InChI=1S/C13H7BrF4O/c14-8-3-11(17)13(18)12(4-8)19-6-7-1-9(15)5-10(16)2-7/h1-5H,6H2. The summed E-state index contributed by atoms with van der Waals surface area (Å²) in [5.41, 5.74) is 0.178. The highest BCUT2D eigenvalue weighted by Gasteiger charge is 2.12. The number of halogens is 5. The van der Waals surface area contributed by atoms with Gasteiger partial charge in [-0.1, -0.05) is 15.9 Å². The Bertz CT molecular complexity index is 596. The summed E-state index contributed by atoms with van der Waals surface area (Å²) < 4.78 is 57.6. The SMILES string of the molecule is Fc1cc(F)cc(COc2cc(Br)cc(F)c2F)c1. The number of benzene rings is 2. The van der Waals surface area contributed by atoms with Crippen LogP contribution in [0.5, 0.6) is 5.75 Å². The molecule has 0 N–H and O–H groups in total. The minimum atomic E-state index is -1.15. The Morgan fingerprint density at radius 2 is 1.53 bits per heavy atom. The fourth-order valence-electron chi connectivity index (χ4n) is 1.49. The Morgan fingerprint density at radius 3 is 2.16 bits per heavy atom. The molecule has 0 fully saturated rings. The van der Waals surface area contributed by atoms with Crippen molar-refractivity contribution in [1.29, 1.82) is 0 Å². The first-order valence-corrected chi connectivity index (χ1v) is 5.97. The van der Waals surface area contributed by atoms with Gasteiger partial charge in [0.1, 0.15) is 18.2 Å². The molecule has 0 saturated carbocycles. The van der Waals surface area contributed by atoms with E-state index in [2.05, 4.69) is 15.9 Å². The van der Waals surface area contributed by atoms with E-state index in [1.165, 1.54) is 6.07 Å². The lowest BCUT2D eigenvalue weighted by atomic mass is 10.2. The van der Waals surface area contributed by atoms with Crippen LogP contribution in [0, 0.1) is 23.3 Å². The number of hydrogen-bond acceptors (Lipinski definition) is 1. The zero-order valence-electron chi connectivity index (χ0n) is 9.39. The van der Waals surface area contributed by atoms with E-state index >= 15 is 0 Å². The largest absolute Gasteiger partial charge is 0.486 e. The van der Waals surface area contributed by atoms with Crippen molar-refractivity contribution in [3.05, 3.63) is 63.6 Å². The van der Waals surface area contributed by atoms with Crippen LogP contribution in [-0.2, 0) is 6.61 Å². The molecule has 0 heterocycles. The zero-order chi connectivity index (χ0) is 14.0. The zero-order valence-corrected chi connectivity index (χ0v) is 11.0. The predicted octanol–water partition coefficient (Wildman–Crippen LogP) is 4.58. The maximum atomic E-state index is 13.4. The molecule has 0 aliphatic rings. The second-order valence-corrected chi connectivity index (χ2v) is 4.68. The summed E-state index contributed by atoms with van der Waals surface area (Å²) in [4.78, 5) is 0. The van der Waals surface area contributed by atoms with E-state index in [0.29, 0.717) is 10.5 Å². The second-order valence-electron chi connectivity index (χ2n) is 3.77. The molecule has 1 nitrogen and oxygen atoms in total. The first-order valence-electron chi connectivity index (χ1n) is 5.18. The van der Waals surface area contributed by atoms with Crippen LogP contribution in [0.25, 0.3) is 0 Å². The summed E-state index contributed by atoms with van der Waals surface area (Å²) in [6.45, 7) is -0.276. The lowest BCUT2D eigenvalue weighted by Gasteiger charge is -2.08. The number of hydrogen-bond donors (Lipinski definition) is 0. The minimum Gasteiger partial charge on any atom is -0.486 e. The van der Waals surface area contributed by atoms with E-state index in [0.717, 1.165) is 18.2 Å². The van der Waals surface area contributed by atoms with Crippen molar-refractivity contribution in [3.63, 3.8) is 0 Å². The Morgan fingerprint density at radius 1 is 0.895 bits per heavy atom. The Hall–Kier alpha value is -1.56. The first kappa shape index (κ1) is 13.9. The van der Waals surface area contributed by atoms with E-state index in [9.17, 15) is 17.6 Å². The molecular weight excluding hydrogens is 328 g/mol. The van der Waals surface area contributed by atoms with Crippen LogP contribution >= 0.6 is 15.9 Å². The van der Waals surface area contributed by atoms with Gasteiger partial charge in [0.2, 0.25) is 5.82 Å². The van der Waals surface area contributed by atoms with Gasteiger partial charge in [0, 0.05) is 10.5 Å². The van der Waals surface area contributed by atoms with Gasteiger partial charge in [-0.15, -0.1) is 0 Å². The number of rotatable bonds is 3. The van der Waals surface area contributed by atoms with Crippen LogP contribution in [-0.4, -0.2) is 0 Å². The minimum absolute atomic E-state index is 0.178. The van der Waals surface area contributed by atoms with Crippen LogP contribution in [0.4, 0.5) is 17.6 Å². The average Bonchev–Trinajstić information content (AvgIpc) is 2.30. The van der Waals surface area contributed by atoms with Crippen molar-refractivity contribution in [3.8, 4) is 5.75 Å². The molecule has 0 amide bonds. The molecule has 0 aliphatic heterocycles. The fraction of sp³-hybridized carbons (Fsp3) is 0.0769. The van der Waals surface area contributed by atoms with Gasteiger partial charge in [-0.3, -0.25) is 0 Å². The van der Waals surface area contributed by atoms with Gasteiger partial charge in [-0.25, -0.2) is 13.2 Å². The molecule has 0 unspecified atom stereocenters. The van der Waals surface area contributed by atoms with Gasteiger partial charge in [-0.05, 0) is 29.8 Å². The van der Waals surface area contributed by atoms with Gasteiger partial charge in [0.05, 0.1) is 0 Å². The quantitative estimate of drug-likeness (QED) is 0.589. The summed E-state index contributed by atoms with van der Waals surface area (Å²) in [5.74, 6) is -4.09. The molecule has 0 aliphatic carbocycles. The van der Waals surface area contributed by atoms with Gasteiger partial charge in [0.15, 0.2) is 11.6 Å². The molecule has 2 rings (SSSR count). The molecule has 6 heteroatoms. The molecule has 0 spiro atoms. The van der Waals surface area contributed by atoms with Crippen LogP contribution in [0.1, 0.15) is 5.56 Å². The molecule has 100 valence electrons. The Labute approximate surface area is 114 Å². The van der Waals surface area contributed by atoms with Gasteiger partial charge >= 0.3 is 0 Å².